The largest absolute Gasteiger partial charge is 0.377 e. The molecule has 1 fully saturated rings. The highest BCUT2D eigenvalue weighted by Gasteiger charge is 2.20. The van der Waals surface area contributed by atoms with Crippen LogP contribution in [0, 0.1) is 0 Å². The molecule has 20 heavy (non-hydrogen) atoms. The Hall–Kier alpha value is -0.580. The SMILES string of the molecule is CCOC1CCCN(c2ccc(CC(C)N)c(Br)c2)C1. The molecule has 0 saturated carbocycles. The molecule has 4 heteroatoms. The normalized spacial score (nSPS) is 21.0. The zero-order chi connectivity index (χ0) is 14.5. The van der Waals surface area contributed by atoms with Gasteiger partial charge in [0.25, 0.3) is 0 Å². The van der Waals surface area contributed by atoms with Crippen molar-refractivity contribution in [1.82, 2.24) is 0 Å². The van der Waals surface area contributed by atoms with E-state index in [9.17, 15) is 0 Å². The number of benzene rings is 1. The average molecular weight is 341 g/mol. The Morgan fingerprint density at radius 2 is 2.30 bits per heavy atom. The number of rotatable bonds is 5. The summed E-state index contributed by atoms with van der Waals surface area (Å²) in [4.78, 5) is 2.42. The minimum absolute atomic E-state index is 0.189. The molecule has 2 N–H and O–H groups in total. The van der Waals surface area contributed by atoms with Gasteiger partial charge in [0.1, 0.15) is 0 Å². The summed E-state index contributed by atoms with van der Waals surface area (Å²) >= 11 is 3.67. The van der Waals surface area contributed by atoms with Crippen molar-refractivity contribution in [3.63, 3.8) is 0 Å². The summed E-state index contributed by atoms with van der Waals surface area (Å²) in [6.07, 6.45) is 3.65. The lowest BCUT2D eigenvalue weighted by Gasteiger charge is -2.34. The van der Waals surface area contributed by atoms with E-state index >= 15 is 0 Å². The van der Waals surface area contributed by atoms with E-state index in [1.54, 1.807) is 0 Å². The second-order valence-electron chi connectivity index (χ2n) is 5.62. The predicted octanol–water partition coefficient (Wildman–Crippen LogP) is 3.34. The van der Waals surface area contributed by atoms with Gasteiger partial charge in [-0.3, -0.25) is 0 Å². The highest BCUT2D eigenvalue weighted by molar-refractivity contribution is 9.10. The molecule has 1 aromatic carbocycles. The fourth-order valence-corrected chi connectivity index (χ4v) is 3.32. The number of hydrogen-bond donors (Lipinski definition) is 1. The molecule has 0 spiro atoms. The zero-order valence-electron chi connectivity index (χ0n) is 12.4. The first kappa shape index (κ1) is 15.8. The predicted molar refractivity (Wildman–Crippen MR) is 88.4 cm³/mol. The van der Waals surface area contributed by atoms with Crippen LogP contribution in [-0.4, -0.2) is 31.8 Å². The van der Waals surface area contributed by atoms with E-state index in [0.717, 1.165) is 30.6 Å². The van der Waals surface area contributed by atoms with Crippen LogP contribution in [0.3, 0.4) is 0 Å². The Labute approximate surface area is 130 Å². The Bertz CT molecular complexity index is 434. The number of ether oxygens (including phenoxy) is 1. The van der Waals surface area contributed by atoms with E-state index in [0.29, 0.717) is 6.10 Å². The highest BCUT2D eigenvalue weighted by atomic mass is 79.9. The molecule has 0 aromatic heterocycles. The summed E-state index contributed by atoms with van der Waals surface area (Å²) in [5.41, 5.74) is 8.43. The van der Waals surface area contributed by atoms with Gasteiger partial charge in [0.15, 0.2) is 0 Å². The van der Waals surface area contributed by atoms with Crippen molar-refractivity contribution >= 4 is 21.6 Å². The first-order chi connectivity index (χ1) is 9.60. The van der Waals surface area contributed by atoms with Gasteiger partial charge in [-0.15, -0.1) is 0 Å². The first-order valence-corrected chi connectivity index (χ1v) is 8.30. The van der Waals surface area contributed by atoms with Crippen LogP contribution < -0.4 is 10.6 Å². The third-order valence-electron chi connectivity index (χ3n) is 3.72. The number of anilines is 1. The third kappa shape index (κ3) is 4.21. The third-order valence-corrected chi connectivity index (χ3v) is 4.46. The molecule has 1 heterocycles. The van der Waals surface area contributed by atoms with Gasteiger partial charge in [0.2, 0.25) is 0 Å². The summed E-state index contributed by atoms with van der Waals surface area (Å²) in [5, 5.41) is 0. The lowest BCUT2D eigenvalue weighted by atomic mass is 10.0. The molecular weight excluding hydrogens is 316 g/mol. The van der Waals surface area contributed by atoms with E-state index in [2.05, 4.69) is 46.0 Å². The van der Waals surface area contributed by atoms with Crippen molar-refractivity contribution in [3.8, 4) is 0 Å². The quantitative estimate of drug-likeness (QED) is 0.893. The van der Waals surface area contributed by atoms with Crippen LogP contribution >= 0.6 is 15.9 Å². The van der Waals surface area contributed by atoms with Gasteiger partial charge < -0.3 is 15.4 Å². The van der Waals surface area contributed by atoms with Gasteiger partial charge in [0, 0.05) is 35.9 Å². The smallest absolute Gasteiger partial charge is 0.0750 e. The zero-order valence-corrected chi connectivity index (χ0v) is 14.0. The fourth-order valence-electron chi connectivity index (χ4n) is 2.79. The van der Waals surface area contributed by atoms with Crippen LogP contribution in [-0.2, 0) is 11.2 Å². The Balaban J connectivity index is 2.06. The second-order valence-corrected chi connectivity index (χ2v) is 6.48. The van der Waals surface area contributed by atoms with Crippen LogP contribution in [0.1, 0.15) is 32.3 Å². The van der Waals surface area contributed by atoms with Crippen LogP contribution in [0.2, 0.25) is 0 Å². The van der Waals surface area contributed by atoms with E-state index < -0.39 is 0 Å². The Morgan fingerprint density at radius 1 is 1.50 bits per heavy atom. The van der Waals surface area contributed by atoms with E-state index in [1.807, 2.05) is 6.92 Å². The van der Waals surface area contributed by atoms with Crippen molar-refractivity contribution in [1.29, 1.82) is 0 Å². The topological polar surface area (TPSA) is 38.5 Å². The van der Waals surface area contributed by atoms with E-state index in [1.165, 1.54) is 24.1 Å². The average Bonchev–Trinajstić information content (AvgIpc) is 2.41. The molecule has 0 bridgehead atoms. The van der Waals surface area contributed by atoms with Crippen molar-refractivity contribution in [2.24, 2.45) is 5.73 Å². The maximum absolute atomic E-state index is 5.88. The maximum Gasteiger partial charge on any atom is 0.0750 e. The standard InChI is InChI=1S/C16H25BrN2O/c1-3-20-15-5-4-8-19(11-15)14-7-6-13(9-12(2)18)16(17)10-14/h6-7,10,12,15H,3-5,8-9,11,18H2,1-2H3. The molecule has 2 rings (SSSR count). The molecule has 1 aromatic rings. The molecule has 2 atom stereocenters. The number of halogens is 1. The van der Waals surface area contributed by atoms with Crippen LogP contribution in [0.15, 0.2) is 22.7 Å². The minimum atomic E-state index is 0.189. The van der Waals surface area contributed by atoms with Crippen molar-refractivity contribution in [3.05, 3.63) is 28.2 Å². The van der Waals surface area contributed by atoms with Gasteiger partial charge in [0.05, 0.1) is 6.10 Å². The highest BCUT2D eigenvalue weighted by Crippen LogP contribution is 2.27. The van der Waals surface area contributed by atoms with Gasteiger partial charge >= 0.3 is 0 Å². The van der Waals surface area contributed by atoms with Crippen LogP contribution in [0.5, 0.6) is 0 Å². The van der Waals surface area contributed by atoms with Gasteiger partial charge in [-0.1, -0.05) is 22.0 Å². The molecule has 3 nitrogen and oxygen atoms in total. The van der Waals surface area contributed by atoms with E-state index in [-0.39, 0.29) is 6.04 Å². The number of piperidine rings is 1. The number of nitrogens with two attached hydrogens (primary N) is 1. The first-order valence-electron chi connectivity index (χ1n) is 7.50. The fraction of sp³-hybridized carbons (Fsp3) is 0.625. The number of hydrogen-bond acceptors (Lipinski definition) is 3. The Morgan fingerprint density at radius 3 is 2.95 bits per heavy atom. The summed E-state index contributed by atoms with van der Waals surface area (Å²) in [7, 11) is 0. The van der Waals surface area contributed by atoms with Crippen molar-refractivity contribution < 1.29 is 4.74 Å². The molecule has 1 aliphatic rings. The number of nitrogens with zero attached hydrogens (tertiary/aromatic N) is 1. The molecule has 0 radical (unpaired) electrons. The molecule has 112 valence electrons. The molecule has 0 aliphatic carbocycles. The van der Waals surface area contributed by atoms with Gasteiger partial charge in [-0.05, 0) is 50.8 Å². The molecule has 1 aliphatic heterocycles. The molecule has 2 unspecified atom stereocenters. The van der Waals surface area contributed by atoms with Crippen LogP contribution in [0.25, 0.3) is 0 Å². The molecular formula is C16H25BrN2O. The van der Waals surface area contributed by atoms with Crippen molar-refractivity contribution in [2.75, 3.05) is 24.6 Å². The summed E-state index contributed by atoms with van der Waals surface area (Å²) in [6.45, 7) is 7.01. The Kier molecular flexibility index (Phi) is 5.87. The maximum atomic E-state index is 5.88. The lowest BCUT2D eigenvalue weighted by Crippen LogP contribution is -2.39. The van der Waals surface area contributed by atoms with E-state index in [4.69, 9.17) is 10.5 Å². The van der Waals surface area contributed by atoms with Gasteiger partial charge in [-0.25, -0.2) is 0 Å². The molecule has 0 amide bonds. The minimum Gasteiger partial charge on any atom is -0.377 e. The summed E-state index contributed by atoms with van der Waals surface area (Å²) < 4.78 is 6.93. The van der Waals surface area contributed by atoms with Gasteiger partial charge in [-0.2, -0.15) is 0 Å². The lowest BCUT2D eigenvalue weighted by molar-refractivity contribution is 0.0527. The summed E-state index contributed by atoms with van der Waals surface area (Å²) in [5.74, 6) is 0. The second kappa shape index (κ2) is 7.43. The molecule has 1 saturated heterocycles. The van der Waals surface area contributed by atoms with Crippen molar-refractivity contribution in [2.45, 2.75) is 45.3 Å². The monoisotopic (exact) mass is 340 g/mol. The van der Waals surface area contributed by atoms with Crippen LogP contribution in [0.4, 0.5) is 5.69 Å². The summed E-state index contributed by atoms with van der Waals surface area (Å²) in [6, 6.07) is 6.80.